The SMILES string of the molecule is CCN(C[B-](F)(F)F)C(C)CN(C)C.[K+]. The van der Waals surface area contributed by atoms with Crippen molar-refractivity contribution in [3.63, 3.8) is 0 Å². The first kappa shape index (κ1) is 18.8. The maximum atomic E-state index is 12.2. The second-order valence-corrected chi connectivity index (χ2v) is 3.91. The van der Waals surface area contributed by atoms with Gasteiger partial charge in [0.1, 0.15) is 0 Å². The largest absolute Gasteiger partial charge is 1.00 e. The van der Waals surface area contributed by atoms with E-state index in [1.54, 1.807) is 6.92 Å². The van der Waals surface area contributed by atoms with Crippen molar-refractivity contribution in [2.24, 2.45) is 0 Å². The van der Waals surface area contributed by atoms with Crippen LogP contribution in [0.5, 0.6) is 0 Å². The maximum Gasteiger partial charge on any atom is 1.00 e. The van der Waals surface area contributed by atoms with Gasteiger partial charge in [0, 0.05) is 12.6 Å². The standard InChI is InChI=1S/C8H19BF3N2.K/c1-5-14(7-9(10,11)12)8(2)6-13(3)4;/h8H,5-7H2,1-4H3;/q-1;+1. The van der Waals surface area contributed by atoms with Crippen LogP contribution in [0.25, 0.3) is 0 Å². The van der Waals surface area contributed by atoms with E-state index in [0.29, 0.717) is 13.1 Å². The van der Waals surface area contributed by atoms with E-state index >= 15 is 0 Å². The molecule has 86 valence electrons. The molecule has 0 aromatic carbocycles. The number of hydrogen-bond donors (Lipinski definition) is 0. The summed E-state index contributed by atoms with van der Waals surface area (Å²) < 4.78 is 36.6. The first-order valence-corrected chi connectivity index (χ1v) is 4.86. The van der Waals surface area contributed by atoms with E-state index < -0.39 is 13.4 Å². The van der Waals surface area contributed by atoms with Crippen molar-refractivity contribution < 1.29 is 64.3 Å². The van der Waals surface area contributed by atoms with Gasteiger partial charge < -0.3 is 22.7 Å². The third-order valence-electron chi connectivity index (χ3n) is 2.10. The van der Waals surface area contributed by atoms with Gasteiger partial charge in [-0.2, -0.15) is 0 Å². The fourth-order valence-corrected chi connectivity index (χ4v) is 1.53. The average Bonchev–Trinajstić information content (AvgIpc) is 1.96. The molecule has 0 radical (unpaired) electrons. The Balaban J connectivity index is 0. The third kappa shape index (κ3) is 10.3. The van der Waals surface area contributed by atoms with Gasteiger partial charge in [-0.15, -0.1) is 0 Å². The number of hydrogen-bond acceptors (Lipinski definition) is 2. The van der Waals surface area contributed by atoms with Gasteiger partial charge in [-0.1, -0.05) is 6.92 Å². The van der Waals surface area contributed by atoms with Crippen molar-refractivity contribution in [3.05, 3.63) is 0 Å². The van der Waals surface area contributed by atoms with E-state index in [1.807, 2.05) is 25.9 Å². The van der Waals surface area contributed by atoms with Crippen LogP contribution < -0.4 is 51.4 Å². The van der Waals surface area contributed by atoms with Gasteiger partial charge in [0.25, 0.3) is 0 Å². The van der Waals surface area contributed by atoms with Crippen molar-refractivity contribution in [2.75, 3.05) is 33.6 Å². The molecule has 0 amide bonds. The topological polar surface area (TPSA) is 6.48 Å². The molecule has 0 heterocycles. The number of likely N-dealkylation sites (N-methyl/N-ethyl adjacent to an activating group) is 2. The van der Waals surface area contributed by atoms with Crippen LogP contribution in [0, 0.1) is 0 Å². The molecule has 1 unspecified atom stereocenters. The van der Waals surface area contributed by atoms with Crippen molar-refractivity contribution in [3.8, 4) is 0 Å². The number of halogens is 3. The van der Waals surface area contributed by atoms with Crippen molar-refractivity contribution >= 4 is 6.98 Å². The van der Waals surface area contributed by atoms with E-state index in [2.05, 4.69) is 0 Å². The van der Waals surface area contributed by atoms with Crippen LogP contribution in [0.1, 0.15) is 13.8 Å². The van der Waals surface area contributed by atoms with Gasteiger partial charge in [-0.25, -0.2) is 0 Å². The van der Waals surface area contributed by atoms with Gasteiger partial charge in [-0.3, -0.25) is 0 Å². The minimum Gasteiger partial charge on any atom is -0.448 e. The zero-order valence-corrected chi connectivity index (χ0v) is 13.4. The Hall–Kier alpha value is 1.41. The summed E-state index contributed by atoms with van der Waals surface area (Å²) in [5.41, 5.74) is 0. The summed E-state index contributed by atoms with van der Waals surface area (Å²) in [4.78, 5) is 3.36. The molecule has 0 rings (SSSR count). The Morgan fingerprint density at radius 1 is 1.20 bits per heavy atom. The molecule has 0 saturated carbocycles. The number of rotatable bonds is 6. The van der Waals surface area contributed by atoms with Crippen molar-refractivity contribution in [2.45, 2.75) is 19.9 Å². The summed E-state index contributed by atoms with van der Waals surface area (Å²) in [6.45, 7) is -0.0306. The fourth-order valence-electron chi connectivity index (χ4n) is 1.53. The first-order chi connectivity index (χ1) is 6.26. The van der Waals surface area contributed by atoms with E-state index in [1.165, 1.54) is 4.90 Å². The summed E-state index contributed by atoms with van der Waals surface area (Å²) >= 11 is 0. The van der Waals surface area contributed by atoms with Crippen molar-refractivity contribution in [1.82, 2.24) is 9.80 Å². The molecule has 0 aromatic heterocycles. The van der Waals surface area contributed by atoms with Gasteiger partial charge in [0.05, 0.1) is 0 Å². The van der Waals surface area contributed by atoms with Crippen LogP contribution in [0.3, 0.4) is 0 Å². The van der Waals surface area contributed by atoms with Crippen LogP contribution in [0.15, 0.2) is 0 Å². The molecule has 1 atom stereocenters. The zero-order chi connectivity index (χ0) is 11.4. The number of nitrogens with zero attached hydrogens (tertiary/aromatic N) is 2. The molecule has 0 bridgehead atoms. The molecule has 0 fully saturated rings. The van der Waals surface area contributed by atoms with Crippen LogP contribution in [0.2, 0.25) is 0 Å². The molecule has 15 heavy (non-hydrogen) atoms. The molecule has 7 heteroatoms. The van der Waals surface area contributed by atoms with Gasteiger partial charge in [-0.05, 0) is 34.0 Å². The molecule has 0 aliphatic heterocycles. The maximum absolute atomic E-state index is 12.2. The predicted octanol–water partition coefficient (Wildman–Crippen LogP) is -1.35. The monoisotopic (exact) mass is 250 g/mol. The Morgan fingerprint density at radius 3 is 1.93 bits per heavy atom. The Bertz CT molecular complexity index is 166. The van der Waals surface area contributed by atoms with Crippen molar-refractivity contribution in [1.29, 1.82) is 0 Å². The third-order valence-corrected chi connectivity index (χ3v) is 2.10. The van der Waals surface area contributed by atoms with Gasteiger partial charge >= 0.3 is 58.4 Å². The summed E-state index contributed by atoms with van der Waals surface area (Å²) in [6.07, 6.45) is -0.758. The molecule has 0 aromatic rings. The van der Waals surface area contributed by atoms with E-state index in [0.717, 1.165) is 0 Å². The minimum absolute atomic E-state index is 0. The average molecular weight is 250 g/mol. The molecule has 0 saturated heterocycles. The molecular weight excluding hydrogens is 231 g/mol. The molecule has 0 spiro atoms. The zero-order valence-electron chi connectivity index (χ0n) is 10.3. The molecule has 0 aliphatic rings. The molecule has 2 nitrogen and oxygen atoms in total. The van der Waals surface area contributed by atoms with Gasteiger partial charge in [0.15, 0.2) is 0 Å². The Morgan fingerprint density at radius 2 is 1.67 bits per heavy atom. The van der Waals surface area contributed by atoms with E-state index in [-0.39, 0.29) is 57.4 Å². The Labute approximate surface area is 133 Å². The Kier molecular flexibility index (Phi) is 10.6. The normalized spacial score (nSPS) is 14.2. The molecule has 0 N–H and O–H groups in total. The quantitative estimate of drug-likeness (QED) is 0.538. The van der Waals surface area contributed by atoms with E-state index in [9.17, 15) is 12.9 Å². The summed E-state index contributed by atoms with van der Waals surface area (Å²) in [5.74, 6) is 0. The summed E-state index contributed by atoms with van der Waals surface area (Å²) in [5, 5.41) is 0. The molecular formula is C8H19BF3KN2. The molecule has 0 aliphatic carbocycles. The second-order valence-electron chi connectivity index (χ2n) is 3.91. The first-order valence-electron chi connectivity index (χ1n) is 4.86. The fraction of sp³-hybridized carbons (Fsp3) is 1.00. The van der Waals surface area contributed by atoms with Crippen LogP contribution in [0.4, 0.5) is 12.9 Å². The van der Waals surface area contributed by atoms with Crippen LogP contribution >= 0.6 is 0 Å². The van der Waals surface area contributed by atoms with Crippen LogP contribution in [-0.2, 0) is 0 Å². The predicted molar refractivity (Wildman–Crippen MR) is 54.3 cm³/mol. The second kappa shape index (κ2) is 8.49. The van der Waals surface area contributed by atoms with Crippen LogP contribution in [-0.4, -0.2) is 56.4 Å². The van der Waals surface area contributed by atoms with Gasteiger partial charge in [0.2, 0.25) is 0 Å². The summed E-state index contributed by atoms with van der Waals surface area (Å²) in [7, 11) is 3.73. The summed E-state index contributed by atoms with van der Waals surface area (Å²) in [6, 6.07) is -0.0569. The smallest absolute Gasteiger partial charge is 0.448 e. The minimum atomic E-state index is -4.71. The van der Waals surface area contributed by atoms with E-state index in [4.69, 9.17) is 0 Å².